The van der Waals surface area contributed by atoms with Gasteiger partial charge in [0, 0.05) is 17.1 Å². The van der Waals surface area contributed by atoms with Crippen LogP contribution in [-0.4, -0.2) is 35.4 Å². The Morgan fingerprint density at radius 2 is 1.73 bits per heavy atom. The summed E-state index contributed by atoms with van der Waals surface area (Å²) in [5, 5.41) is 3.16. The highest BCUT2D eigenvalue weighted by molar-refractivity contribution is 9.10. The van der Waals surface area contributed by atoms with E-state index in [-0.39, 0.29) is 24.5 Å². The molecule has 0 spiro atoms. The number of amides is 2. The van der Waals surface area contributed by atoms with E-state index in [9.17, 15) is 9.59 Å². The van der Waals surface area contributed by atoms with Gasteiger partial charge in [0.2, 0.25) is 5.91 Å². The van der Waals surface area contributed by atoms with Crippen molar-refractivity contribution in [3.05, 3.63) is 62.5 Å². The van der Waals surface area contributed by atoms with Crippen LogP contribution in [0.4, 0.5) is 0 Å². The third-order valence-corrected chi connectivity index (χ3v) is 7.29. The highest BCUT2D eigenvalue weighted by Crippen LogP contribution is 2.26. The van der Waals surface area contributed by atoms with E-state index in [1.54, 1.807) is 11.8 Å². The lowest BCUT2D eigenvalue weighted by molar-refractivity contribution is -0.142. The van der Waals surface area contributed by atoms with Crippen molar-refractivity contribution in [1.29, 1.82) is 0 Å². The van der Waals surface area contributed by atoms with Crippen LogP contribution in [0.5, 0.6) is 5.75 Å². The largest absolute Gasteiger partial charge is 0.483 e. The maximum atomic E-state index is 13.3. The van der Waals surface area contributed by atoms with Crippen LogP contribution >= 0.6 is 31.9 Å². The molecule has 0 saturated heterocycles. The Hall–Kier alpha value is -1.86. The number of aryl methyl sites for hydroxylation is 1. The SMILES string of the molecule is CCc1ccc(OCC(=O)N(Cc2ccc(Br)cc2)C(C)C(=O)NC2CCCCC2)c(Br)c1. The number of hydrogen-bond donors (Lipinski definition) is 1. The molecular formula is C26H32Br2N2O3. The number of halogens is 2. The van der Waals surface area contributed by atoms with Gasteiger partial charge in [-0.25, -0.2) is 0 Å². The van der Waals surface area contributed by atoms with Crippen molar-refractivity contribution in [3.8, 4) is 5.75 Å². The van der Waals surface area contributed by atoms with E-state index >= 15 is 0 Å². The lowest BCUT2D eigenvalue weighted by Gasteiger charge is -2.31. The van der Waals surface area contributed by atoms with Crippen LogP contribution in [0.1, 0.15) is 57.1 Å². The second-order valence-corrected chi connectivity index (χ2v) is 10.3. The number of rotatable bonds is 9. The standard InChI is InChI=1S/C26H32Br2N2O3/c1-3-19-11-14-24(23(28)15-19)33-17-25(31)30(16-20-9-12-21(27)13-10-20)18(2)26(32)29-22-7-5-4-6-8-22/h9-15,18,22H,3-8,16-17H2,1-2H3,(H,29,32). The van der Waals surface area contributed by atoms with Gasteiger partial charge in [-0.1, -0.05) is 60.3 Å². The summed E-state index contributed by atoms with van der Waals surface area (Å²) in [6.07, 6.45) is 6.43. The highest BCUT2D eigenvalue weighted by atomic mass is 79.9. The molecule has 2 amide bonds. The van der Waals surface area contributed by atoms with E-state index in [1.807, 2.05) is 42.5 Å². The Kier molecular flexibility index (Phi) is 9.80. The Morgan fingerprint density at radius 1 is 1.06 bits per heavy atom. The molecule has 1 fully saturated rings. The molecule has 1 aliphatic rings. The predicted octanol–water partition coefficient (Wildman–Crippen LogP) is 6.02. The van der Waals surface area contributed by atoms with Crippen LogP contribution in [-0.2, 0) is 22.6 Å². The van der Waals surface area contributed by atoms with Crippen LogP contribution < -0.4 is 10.1 Å². The molecule has 1 N–H and O–H groups in total. The number of nitrogens with zero attached hydrogens (tertiary/aromatic N) is 1. The fourth-order valence-corrected chi connectivity index (χ4v) is 4.85. The molecule has 7 heteroatoms. The minimum absolute atomic E-state index is 0.110. The number of nitrogens with one attached hydrogen (secondary N) is 1. The molecule has 0 aromatic heterocycles. The first-order valence-corrected chi connectivity index (χ1v) is 13.2. The lowest BCUT2D eigenvalue weighted by atomic mass is 9.95. The van der Waals surface area contributed by atoms with E-state index in [2.05, 4.69) is 44.1 Å². The van der Waals surface area contributed by atoms with E-state index in [0.29, 0.717) is 12.3 Å². The molecular weight excluding hydrogens is 548 g/mol. The number of ether oxygens (including phenoxy) is 1. The fraction of sp³-hybridized carbons (Fsp3) is 0.462. The molecule has 0 radical (unpaired) electrons. The number of carbonyl (C=O) groups excluding carboxylic acids is 2. The number of carbonyl (C=O) groups is 2. The van der Waals surface area contributed by atoms with Crippen molar-refractivity contribution < 1.29 is 14.3 Å². The zero-order valence-electron chi connectivity index (χ0n) is 19.3. The summed E-state index contributed by atoms with van der Waals surface area (Å²) in [4.78, 5) is 27.9. The average molecular weight is 580 g/mol. The minimum atomic E-state index is -0.599. The summed E-state index contributed by atoms with van der Waals surface area (Å²) in [6.45, 7) is 4.08. The van der Waals surface area contributed by atoms with Gasteiger partial charge in [-0.15, -0.1) is 0 Å². The van der Waals surface area contributed by atoms with E-state index in [0.717, 1.165) is 46.6 Å². The van der Waals surface area contributed by atoms with Gasteiger partial charge in [-0.3, -0.25) is 9.59 Å². The first-order chi connectivity index (χ1) is 15.9. The molecule has 178 valence electrons. The first kappa shape index (κ1) is 25.8. The van der Waals surface area contributed by atoms with Crippen LogP contribution in [0.15, 0.2) is 51.4 Å². The highest BCUT2D eigenvalue weighted by Gasteiger charge is 2.28. The van der Waals surface area contributed by atoms with Crippen molar-refractivity contribution in [1.82, 2.24) is 10.2 Å². The summed E-state index contributed by atoms with van der Waals surface area (Å²) in [7, 11) is 0. The fourth-order valence-electron chi connectivity index (χ4n) is 4.04. The zero-order valence-corrected chi connectivity index (χ0v) is 22.5. The molecule has 2 aromatic rings. The second kappa shape index (κ2) is 12.6. The van der Waals surface area contributed by atoms with E-state index < -0.39 is 6.04 Å². The molecule has 2 aromatic carbocycles. The molecule has 1 atom stereocenters. The molecule has 1 aliphatic carbocycles. The zero-order chi connectivity index (χ0) is 23.8. The van der Waals surface area contributed by atoms with Gasteiger partial charge >= 0.3 is 0 Å². The lowest BCUT2D eigenvalue weighted by Crippen LogP contribution is -2.51. The smallest absolute Gasteiger partial charge is 0.261 e. The van der Waals surface area contributed by atoms with Crippen molar-refractivity contribution in [3.63, 3.8) is 0 Å². The van der Waals surface area contributed by atoms with Crippen LogP contribution in [0.3, 0.4) is 0 Å². The van der Waals surface area contributed by atoms with Gasteiger partial charge in [-0.05, 0) is 77.5 Å². The topological polar surface area (TPSA) is 58.6 Å². The van der Waals surface area contributed by atoms with Gasteiger partial charge in [0.25, 0.3) is 5.91 Å². The monoisotopic (exact) mass is 578 g/mol. The quantitative estimate of drug-likeness (QED) is 0.395. The van der Waals surface area contributed by atoms with Crippen molar-refractivity contribution in [2.24, 2.45) is 0 Å². The molecule has 1 saturated carbocycles. The average Bonchev–Trinajstić information content (AvgIpc) is 2.82. The maximum absolute atomic E-state index is 13.3. The van der Waals surface area contributed by atoms with Crippen molar-refractivity contribution >= 4 is 43.7 Å². The van der Waals surface area contributed by atoms with Crippen molar-refractivity contribution in [2.75, 3.05) is 6.61 Å². The van der Waals surface area contributed by atoms with Crippen LogP contribution in [0.25, 0.3) is 0 Å². The van der Waals surface area contributed by atoms with Crippen LogP contribution in [0.2, 0.25) is 0 Å². The summed E-state index contributed by atoms with van der Waals surface area (Å²) in [5.74, 6) is 0.278. The normalized spacial score (nSPS) is 15.0. The van der Waals surface area contributed by atoms with E-state index in [4.69, 9.17) is 4.74 Å². The third kappa shape index (κ3) is 7.57. The van der Waals surface area contributed by atoms with Crippen molar-refractivity contribution in [2.45, 2.75) is 71.0 Å². The maximum Gasteiger partial charge on any atom is 0.261 e. The molecule has 33 heavy (non-hydrogen) atoms. The molecule has 1 unspecified atom stereocenters. The number of hydrogen-bond acceptors (Lipinski definition) is 3. The molecule has 5 nitrogen and oxygen atoms in total. The molecule has 0 bridgehead atoms. The Labute approximate surface area is 213 Å². The molecule has 3 rings (SSSR count). The van der Waals surface area contributed by atoms with Gasteiger partial charge in [-0.2, -0.15) is 0 Å². The first-order valence-electron chi connectivity index (χ1n) is 11.6. The molecule has 0 heterocycles. The van der Waals surface area contributed by atoms with Gasteiger partial charge in [0.1, 0.15) is 11.8 Å². The van der Waals surface area contributed by atoms with Gasteiger partial charge in [0.15, 0.2) is 6.61 Å². The Bertz CT molecular complexity index is 943. The van der Waals surface area contributed by atoms with E-state index in [1.165, 1.54) is 12.0 Å². The Morgan fingerprint density at radius 3 is 2.36 bits per heavy atom. The van der Waals surface area contributed by atoms with Gasteiger partial charge < -0.3 is 15.0 Å². The summed E-state index contributed by atoms with van der Waals surface area (Å²) in [6, 6.07) is 13.2. The Balaban J connectivity index is 1.71. The third-order valence-electron chi connectivity index (χ3n) is 6.14. The summed E-state index contributed by atoms with van der Waals surface area (Å²) in [5.41, 5.74) is 2.14. The number of benzene rings is 2. The minimum Gasteiger partial charge on any atom is -0.483 e. The second-order valence-electron chi connectivity index (χ2n) is 8.57. The molecule has 0 aliphatic heterocycles. The van der Waals surface area contributed by atoms with Crippen LogP contribution in [0, 0.1) is 0 Å². The predicted molar refractivity (Wildman–Crippen MR) is 138 cm³/mol. The summed E-state index contributed by atoms with van der Waals surface area (Å²) >= 11 is 6.97. The van der Waals surface area contributed by atoms with Gasteiger partial charge in [0.05, 0.1) is 4.47 Å². The summed E-state index contributed by atoms with van der Waals surface area (Å²) < 4.78 is 7.62.